The van der Waals surface area contributed by atoms with Crippen molar-refractivity contribution >= 4 is 61.0 Å². The van der Waals surface area contributed by atoms with Crippen LogP contribution in [-0.4, -0.2) is 91.3 Å². The Kier molecular flexibility index (Phi) is 8.22. The number of aromatic amines is 1. The van der Waals surface area contributed by atoms with E-state index in [9.17, 15) is 18.3 Å². The number of halogens is 1. The van der Waals surface area contributed by atoms with E-state index in [0.717, 1.165) is 27.7 Å². The number of aliphatic hydroxyl groups excluding tert-OH is 1. The van der Waals surface area contributed by atoms with Crippen molar-refractivity contribution in [2.75, 3.05) is 37.7 Å². The minimum absolute atomic E-state index is 0.0658. The zero-order chi connectivity index (χ0) is 32.5. The first-order chi connectivity index (χ1) is 21.0. The Morgan fingerprint density at radius 2 is 1.76 bits per heavy atom. The monoisotopic (exact) mass is 701 g/mol. The molecular formula is C32H41BBrN3O7S. The highest BCUT2D eigenvalue weighted by atomic mass is 79.9. The number of ether oxygens (including phenoxy) is 1. The number of rotatable bonds is 6. The molecule has 3 aliphatic heterocycles. The van der Waals surface area contributed by atoms with Crippen molar-refractivity contribution < 1.29 is 32.4 Å². The van der Waals surface area contributed by atoms with Crippen LogP contribution in [0.3, 0.4) is 0 Å². The molecule has 0 aliphatic carbocycles. The first-order valence-electron chi connectivity index (χ1n) is 15.4. The number of carbonyl (C=O) groups excluding carboxylic acids is 1. The third-order valence-corrected chi connectivity index (χ3v) is 12.8. The topological polar surface area (TPSA) is 121 Å². The number of nitrogens with one attached hydrogen (secondary N) is 1. The van der Waals surface area contributed by atoms with E-state index in [-0.39, 0.29) is 18.0 Å². The van der Waals surface area contributed by atoms with Gasteiger partial charge in [0.25, 0.3) is 0 Å². The average molecular weight is 702 g/mol. The summed E-state index contributed by atoms with van der Waals surface area (Å²) in [6.07, 6.45) is -0.160. The van der Waals surface area contributed by atoms with Crippen LogP contribution in [0.15, 0.2) is 51.8 Å². The first kappa shape index (κ1) is 32.5. The Hall–Kier alpha value is -2.42. The summed E-state index contributed by atoms with van der Waals surface area (Å²) in [6.45, 7) is 13.0. The SMILES string of the molecule is CC1(C)OB(c2cc3ccc(C4CN(C(=O)C(C)(C)S(=O)(=O)c5ccc(N6CC[C@H](O)C6)c(Br)c5)CCO4)cc3[nH]2)OC1(C)C. The molecule has 3 aromatic rings. The standard InChI is InChI=1S/C32H41BBrN3O7S/c1-30(2,45(40,41)23-9-10-26(24(34)17-23)36-12-11-22(38)18-36)29(39)37-13-14-42-27(19-37)21-8-7-20-16-28(35-25(20)15-21)33-43-31(3,4)32(5,6)44-33/h7-10,15-17,22,27,35,38H,11-14,18-19H2,1-6H3/t22-,27?/m0/s1. The number of amides is 1. The number of benzene rings is 2. The van der Waals surface area contributed by atoms with Gasteiger partial charge in [-0.25, -0.2) is 8.42 Å². The van der Waals surface area contributed by atoms with Gasteiger partial charge in [0, 0.05) is 35.2 Å². The largest absolute Gasteiger partial charge is 0.512 e. The lowest BCUT2D eigenvalue weighted by Gasteiger charge is -2.37. The average Bonchev–Trinajstić information content (AvgIpc) is 3.66. The number of carbonyl (C=O) groups is 1. The van der Waals surface area contributed by atoms with Gasteiger partial charge >= 0.3 is 7.12 Å². The molecule has 2 aromatic carbocycles. The van der Waals surface area contributed by atoms with Gasteiger partial charge in [0.05, 0.1) is 41.0 Å². The van der Waals surface area contributed by atoms with Gasteiger partial charge in [0.2, 0.25) is 5.91 Å². The van der Waals surface area contributed by atoms with Crippen molar-refractivity contribution in [2.45, 2.75) is 81.0 Å². The van der Waals surface area contributed by atoms with Crippen LogP contribution in [0.5, 0.6) is 0 Å². The number of sulfone groups is 1. The summed E-state index contributed by atoms with van der Waals surface area (Å²) in [5.74, 6) is -0.470. The summed E-state index contributed by atoms with van der Waals surface area (Å²) in [7, 11) is -4.57. The molecule has 0 radical (unpaired) electrons. The lowest BCUT2D eigenvalue weighted by Crippen LogP contribution is -2.53. The number of nitrogens with zero attached hydrogens (tertiary/aromatic N) is 2. The van der Waals surface area contributed by atoms with Gasteiger partial charge < -0.3 is 33.9 Å². The quantitative estimate of drug-likeness (QED) is 0.371. The van der Waals surface area contributed by atoms with E-state index < -0.39 is 51.0 Å². The Morgan fingerprint density at radius 3 is 2.40 bits per heavy atom. The van der Waals surface area contributed by atoms with Crippen molar-refractivity contribution in [1.82, 2.24) is 9.88 Å². The molecule has 0 bridgehead atoms. The molecule has 1 unspecified atom stereocenters. The summed E-state index contributed by atoms with van der Waals surface area (Å²) in [5, 5.41) is 10.9. The van der Waals surface area contributed by atoms with Crippen LogP contribution in [0.25, 0.3) is 10.9 Å². The van der Waals surface area contributed by atoms with E-state index in [1.807, 2.05) is 56.9 Å². The molecule has 0 spiro atoms. The number of aromatic nitrogens is 1. The third-order valence-electron chi connectivity index (χ3n) is 9.82. The van der Waals surface area contributed by atoms with Crippen molar-refractivity contribution in [3.8, 4) is 0 Å². The molecule has 0 saturated carbocycles. The summed E-state index contributed by atoms with van der Waals surface area (Å²) >= 11 is 3.52. The second-order valence-electron chi connectivity index (χ2n) is 13.8. The van der Waals surface area contributed by atoms with Crippen LogP contribution in [0, 0.1) is 0 Å². The Morgan fingerprint density at radius 1 is 1.04 bits per heavy atom. The van der Waals surface area contributed by atoms with Gasteiger partial charge in [-0.2, -0.15) is 0 Å². The van der Waals surface area contributed by atoms with Gasteiger partial charge in [-0.05, 0) is 105 Å². The number of morpholine rings is 1. The molecule has 2 N–H and O–H groups in total. The molecule has 3 saturated heterocycles. The molecule has 242 valence electrons. The molecule has 3 aliphatic rings. The number of H-pyrrole nitrogens is 1. The van der Waals surface area contributed by atoms with E-state index in [1.165, 1.54) is 13.8 Å². The Balaban J connectivity index is 1.18. The van der Waals surface area contributed by atoms with Crippen LogP contribution < -0.4 is 10.5 Å². The van der Waals surface area contributed by atoms with E-state index in [4.69, 9.17) is 14.0 Å². The smallest absolute Gasteiger partial charge is 0.398 e. The van der Waals surface area contributed by atoms with Gasteiger partial charge in [-0.15, -0.1) is 0 Å². The maximum atomic E-state index is 13.9. The number of β-amino-alcohol motifs (C(OH)–C–C–N with tert-alkyl or cyclic N) is 1. The molecule has 13 heteroatoms. The molecule has 4 heterocycles. The van der Waals surface area contributed by atoms with Gasteiger partial charge in [-0.3, -0.25) is 4.79 Å². The molecule has 1 aromatic heterocycles. The van der Waals surface area contributed by atoms with E-state index >= 15 is 0 Å². The highest BCUT2D eigenvalue weighted by Crippen LogP contribution is 2.38. The van der Waals surface area contributed by atoms with E-state index in [1.54, 1.807) is 23.1 Å². The van der Waals surface area contributed by atoms with Gasteiger partial charge in [-0.1, -0.05) is 12.1 Å². The summed E-state index contributed by atoms with van der Waals surface area (Å²) < 4.78 is 45.2. The lowest BCUT2D eigenvalue weighted by molar-refractivity contribution is -0.141. The lowest BCUT2D eigenvalue weighted by atomic mass is 9.85. The van der Waals surface area contributed by atoms with Crippen LogP contribution >= 0.6 is 15.9 Å². The molecular weight excluding hydrogens is 661 g/mol. The molecule has 2 atom stereocenters. The van der Waals surface area contributed by atoms with Gasteiger partial charge in [0.15, 0.2) is 9.84 Å². The third kappa shape index (κ3) is 5.74. The minimum atomic E-state index is -4.05. The fourth-order valence-electron chi connectivity index (χ4n) is 6.16. The summed E-state index contributed by atoms with van der Waals surface area (Å²) in [4.78, 5) is 21.0. The fraction of sp³-hybridized carbons (Fsp3) is 0.531. The van der Waals surface area contributed by atoms with E-state index in [2.05, 4.69) is 20.9 Å². The van der Waals surface area contributed by atoms with Crippen molar-refractivity contribution in [3.05, 3.63) is 52.5 Å². The number of hydrogen-bond acceptors (Lipinski definition) is 8. The van der Waals surface area contributed by atoms with Crippen molar-refractivity contribution in [1.29, 1.82) is 0 Å². The molecule has 6 rings (SSSR count). The first-order valence-corrected chi connectivity index (χ1v) is 17.6. The highest BCUT2D eigenvalue weighted by molar-refractivity contribution is 9.10. The molecule has 45 heavy (non-hydrogen) atoms. The predicted octanol–water partition coefficient (Wildman–Crippen LogP) is 3.95. The fourth-order valence-corrected chi connectivity index (χ4v) is 8.41. The Bertz CT molecular complexity index is 1730. The van der Waals surface area contributed by atoms with Gasteiger partial charge in [0.1, 0.15) is 10.9 Å². The van der Waals surface area contributed by atoms with Crippen LogP contribution in [0.1, 0.15) is 59.6 Å². The van der Waals surface area contributed by atoms with Crippen LogP contribution in [0.4, 0.5) is 5.69 Å². The molecule has 10 nitrogen and oxygen atoms in total. The zero-order valence-corrected chi connectivity index (χ0v) is 29.0. The van der Waals surface area contributed by atoms with Crippen molar-refractivity contribution in [3.63, 3.8) is 0 Å². The summed E-state index contributed by atoms with van der Waals surface area (Å²) in [6, 6.07) is 12.8. The zero-order valence-electron chi connectivity index (χ0n) is 26.6. The predicted molar refractivity (Wildman–Crippen MR) is 178 cm³/mol. The number of aliphatic hydroxyl groups is 1. The highest BCUT2D eigenvalue weighted by Gasteiger charge is 2.52. The number of fused-ring (bicyclic) bond motifs is 1. The Labute approximate surface area is 273 Å². The summed E-state index contributed by atoms with van der Waals surface area (Å²) in [5.41, 5.74) is 2.51. The molecule has 3 fully saturated rings. The van der Waals surface area contributed by atoms with E-state index in [0.29, 0.717) is 30.5 Å². The minimum Gasteiger partial charge on any atom is -0.398 e. The second kappa shape index (κ2) is 11.4. The molecule has 1 amide bonds. The number of hydrogen-bond donors (Lipinski definition) is 2. The normalized spacial score (nSPS) is 23.7. The number of anilines is 1. The maximum Gasteiger partial charge on any atom is 0.512 e. The van der Waals surface area contributed by atoms with Crippen molar-refractivity contribution in [2.24, 2.45) is 0 Å². The van der Waals surface area contributed by atoms with Crippen LogP contribution in [0.2, 0.25) is 0 Å². The second-order valence-corrected chi connectivity index (χ2v) is 17.1. The maximum absolute atomic E-state index is 13.9. The van der Waals surface area contributed by atoms with Crippen LogP contribution in [-0.2, 0) is 28.7 Å².